The summed E-state index contributed by atoms with van der Waals surface area (Å²) < 4.78 is 13.2. The normalized spacial score (nSPS) is 12.5. The van der Waals surface area contributed by atoms with E-state index in [0.29, 0.717) is 11.6 Å². The van der Waals surface area contributed by atoms with E-state index in [1.165, 1.54) is 27.8 Å². The van der Waals surface area contributed by atoms with E-state index in [1.807, 2.05) is 22.9 Å². The van der Waals surface area contributed by atoms with Crippen LogP contribution in [-0.2, 0) is 16.2 Å². The van der Waals surface area contributed by atoms with E-state index in [1.54, 1.807) is 6.20 Å². The zero-order valence-corrected chi connectivity index (χ0v) is 35.5. The maximum absolute atomic E-state index is 6.72. The largest absolute Gasteiger partial charge is 0.458 e. The molecule has 9 aromatic rings. The van der Waals surface area contributed by atoms with Crippen molar-refractivity contribution in [1.82, 2.24) is 19.1 Å². The van der Waals surface area contributed by atoms with Crippen molar-refractivity contribution in [3.63, 3.8) is 0 Å². The Morgan fingerprint density at radius 1 is 0.492 bits per heavy atom. The molecule has 0 aliphatic carbocycles. The van der Waals surface area contributed by atoms with Crippen molar-refractivity contribution in [2.45, 2.75) is 78.6 Å². The second-order valence-electron chi connectivity index (χ2n) is 18.7. The van der Waals surface area contributed by atoms with E-state index in [2.05, 4.69) is 199 Å². The standard InChI is InChI=1S/C53H51N5O/c1-51(2,3)37-16-13-17-40(29-37)56-34-57(46-23-19-38(30-48(46)56)52(4,5)6)49-33-42(25-27-54-49)59-41-20-21-43-44-28-36(35-14-11-10-12-15-35)18-22-45(44)58(47(43)32-41)50-31-39(24-26-55-50)53(7,8)9/h10-33H,1-9H3. The monoisotopic (exact) mass is 773 g/mol. The van der Waals surface area contributed by atoms with E-state index in [9.17, 15) is 0 Å². The van der Waals surface area contributed by atoms with Gasteiger partial charge in [0.05, 0.1) is 27.8 Å². The third-order valence-corrected chi connectivity index (χ3v) is 11.4. The lowest BCUT2D eigenvalue weighted by Gasteiger charge is -2.21. The highest BCUT2D eigenvalue weighted by atomic mass is 16.5. The number of fused-ring (bicyclic) bond motifs is 4. The van der Waals surface area contributed by atoms with Gasteiger partial charge in [-0.05, 0) is 105 Å². The summed E-state index contributed by atoms with van der Waals surface area (Å²) >= 11 is 0. The summed E-state index contributed by atoms with van der Waals surface area (Å²) in [6.45, 7) is 20.2. The fourth-order valence-corrected chi connectivity index (χ4v) is 7.90. The highest BCUT2D eigenvalue weighted by Gasteiger charge is 2.22. The van der Waals surface area contributed by atoms with Gasteiger partial charge >= 0.3 is 0 Å². The van der Waals surface area contributed by atoms with Crippen LogP contribution in [0.3, 0.4) is 0 Å². The Morgan fingerprint density at radius 3 is 1.93 bits per heavy atom. The fraction of sp³-hybridized carbons (Fsp3) is 0.226. The lowest BCUT2D eigenvalue weighted by molar-refractivity contribution is -0.572. The van der Waals surface area contributed by atoms with Crippen LogP contribution in [0, 0.1) is 6.33 Å². The molecule has 0 aliphatic rings. The molecule has 59 heavy (non-hydrogen) atoms. The molecule has 4 heterocycles. The van der Waals surface area contributed by atoms with Crippen LogP contribution in [0.4, 0.5) is 0 Å². The summed E-state index contributed by atoms with van der Waals surface area (Å²) in [5.74, 6) is 2.99. The van der Waals surface area contributed by atoms with Crippen LogP contribution in [0.15, 0.2) is 146 Å². The number of pyridine rings is 2. The van der Waals surface area contributed by atoms with Crippen molar-refractivity contribution in [3.8, 4) is 39.9 Å². The molecule has 0 atom stereocenters. The highest BCUT2D eigenvalue weighted by Crippen LogP contribution is 2.38. The molecule has 0 unspecified atom stereocenters. The molecule has 0 fully saturated rings. The van der Waals surface area contributed by atoms with Gasteiger partial charge in [-0.25, -0.2) is 4.98 Å². The topological polar surface area (TPSA) is 48.8 Å². The fourth-order valence-electron chi connectivity index (χ4n) is 7.90. The van der Waals surface area contributed by atoms with Gasteiger partial charge in [0.15, 0.2) is 5.82 Å². The molecule has 294 valence electrons. The number of hydrogen-bond acceptors (Lipinski definition) is 3. The molecule has 6 nitrogen and oxygen atoms in total. The number of ether oxygens (including phenoxy) is 1. The summed E-state index contributed by atoms with van der Waals surface area (Å²) in [6, 6.07) is 47.3. The third-order valence-electron chi connectivity index (χ3n) is 11.4. The van der Waals surface area contributed by atoms with E-state index >= 15 is 0 Å². The van der Waals surface area contributed by atoms with Crippen molar-refractivity contribution in [1.29, 1.82) is 0 Å². The summed E-state index contributed by atoms with van der Waals surface area (Å²) in [7, 11) is 0. The summed E-state index contributed by atoms with van der Waals surface area (Å²) in [5.41, 5.74) is 11.3. The van der Waals surface area contributed by atoms with Gasteiger partial charge < -0.3 is 4.74 Å². The van der Waals surface area contributed by atoms with E-state index in [0.717, 1.165) is 50.1 Å². The quantitative estimate of drug-likeness (QED) is 0.125. The number of benzene rings is 5. The van der Waals surface area contributed by atoms with Gasteiger partial charge in [-0.2, -0.15) is 0 Å². The van der Waals surface area contributed by atoms with Crippen LogP contribution in [0.25, 0.3) is 61.3 Å². The first-order valence-corrected chi connectivity index (χ1v) is 20.5. The number of imidazole rings is 1. The molecule has 9 rings (SSSR count). The van der Waals surface area contributed by atoms with Crippen molar-refractivity contribution in [2.24, 2.45) is 0 Å². The first-order chi connectivity index (χ1) is 28.1. The van der Waals surface area contributed by atoms with Gasteiger partial charge in [0.1, 0.15) is 17.3 Å². The first kappa shape index (κ1) is 38.0. The molecule has 0 saturated carbocycles. The molecule has 0 N–H and O–H groups in total. The van der Waals surface area contributed by atoms with Gasteiger partial charge in [-0.3, -0.25) is 18.7 Å². The molecule has 0 saturated heterocycles. The van der Waals surface area contributed by atoms with Crippen molar-refractivity contribution in [3.05, 3.63) is 169 Å². The van der Waals surface area contributed by atoms with Crippen molar-refractivity contribution in [2.75, 3.05) is 0 Å². The van der Waals surface area contributed by atoms with Crippen LogP contribution in [0.5, 0.6) is 11.5 Å². The maximum Gasteiger partial charge on any atom is 0.271 e. The van der Waals surface area contributed by atoms with Crippen LogP contribution in [0.1, 0.15) is 79.0 Å². The molecule has 0 aliphatic heterocycles. The molecule has 0 bridgehead atoms. The van der Waals surface area contributed by atoms with Crippen LogP contribution in [-0.4, -0.2) is 19.1 Å². The molecule has 6 heteroatoms. The Morgan fingerprint density at radius 2 is 1.17 bits per heavy atom. The smallest absolute Gasteiger partial charge is 0.271 e. The SMILES string of the molecule is CC(C)(C)c1cccc(-[n+]2[c-]n(-c3cc(Oc4ccc5c6cc(-c7ccccc7)ccc6n(-c6cc(C(C)(C)C)ccn6)c5c4)ccn3)c3ccc(C(C)(C)C)cc32)c1. The first-order valence-electron chi connectivity index (χ1n) is 20.5. The van der Waals surface area contributed by atoms with E-state index in [-0.39, 0.29) is 16.2 Å². The molecule has 4 aromatic heterocycles. The predicted octanol–water partition coefficient (Wildman–Crippen LogP) is 12.9. The average Bonchev–Trinajstić information content (AvgIpc) is 3.76. The minimum absolute atomic E-state index is 0.00813. The van der Waals surface area contributed by atoms with Gasteiger partial charge in [0.2, 0.25) is 0 Å². The predicted molar refractivity (Wildman–Crippen MR) is 242 cm³/mol. The third kappa shape index (κ3) is 7.18. The number of aromatic nitrogens is 5. The van der Waals surface area contributed by atoms with Gasteiger partial charge in [-0.1, -0.05) is 123 Å². The van der Waals surface area contributed by atoms with Crippen LogP contribution in [0.2, 0.25) is 0 Å². The molecule has 0 amide bonds. The van der Waals surface area contributed by atoms with Gasteiger partial charge in [0.25, 0.3) is 6.33 Å². The van der Waals surface area contributed by atoms with Gasteiger partial charge in [-0.15, -0.1) is 0 Å². The van der Waals surface area contributed by atoms with Crippen LogP contribution >= 0.6 is 0 Å². The van der Waals surface area contributed by atoms with Crippen molar-refractivity contribution >= 4 is 32.8 Å². The maximum atomic E-state index is 6.72. The zero-order valence-electron chi connectivity index (χ0n) is 35.5. The Hall–Kier alpha value is -6.53. The lowest BCUT2D eigenvalue weighted by atomic mass is 9.86. The molecule has 0 radical (unpaired) electrons. The average molecular weight is 774 g/mol. The minimum atomic E-state index is -0.0304. The summed E-state index contributed by atoms with van der Waals surface area (Å²) in [4.78, 5) is 9.78. The van der Waals surface area contributed by atoms with Gasteiger partial charge in [0, 0.05) is 35.3 Å². The minimum Gasteiger partial charge on any atom is -0.458 e. The Balaban J connectivity index is 1.15. The summed E-state index contributed by atoms with van der Waals surface area (Å²) in [6.07, 6.45) is 7.40. The zero-order chi connectivity index (χ0) is 41.3. The molecule has 5 aromatic carbocycles. The van der Waals surface area contributed by atoms with Crippen LogP contribution < -0.4 is 9.30 Å². The second kappa shape index (κ2) is 14.1. The molecular weight excluding hydrogens is 723 g/mol. The van der Waals surface area contributed by atoms with E-state index in [4.69, 9.17) is 14.7 Å². The Kier molecular flexibility index (Phi) is 9.08. The number of nitrogens with zero attached hydrogens (tertiary/aromatic N) is 5. The Labute approximate surface area is 347 Å². The molecule has 0 spiro atoms. The Bertz CT molecular complexity index is 3020. The van der Waals surface area contributed by atoms with Crippen molar-refractivity contribution < 1.29 is 9.30 Å². The lowest BCUT2D eigenvalue weighted by Crippen LogP contribution is -2.30. The number of rotatable bonds is 6. The summed E-state index contributed by atoms with van der Waals surface area (Å²) in [5, 5.41) is 2.29. The second-order valence-corrected chi connectivity index (χ2v) is 18.7. The number of hydrogen-bond donors (Lipinski definition) is 0. The highest BCUT2D eigenvalue weighted by molar-refractivity contribution is 6.10. The van der Waals surface area contributed by atoms with E-state index < -0.39 is 0 Å². The molecular formula is C53H51N5O.